The van der Waals surface area contributed by atoms with E-state index in [2.05, 4.69) is 25.3 Å². The van der Waals surface area contributed by atoms with E-state index in [-0.39, 0.29) is 4.90 Å². The van der Waals surface area contributed by atoms with Crippen LogP contribution in [0.15, 0.2) is 77.7 Å². The first-order chi connectivity index (χ1) is 14.4. The molecule has 0 bridgehead atoms. The summed E-state index contributed by atoms with van der Waals surface area (Å²) in [5.41, 5.74) is 3.12. The van der Waals surface area contributed by atoms with E-state index < -0.39 is 10.0 Å². The Morgan fingerprint density at radius 1 is 0.833 bits per heavy atom. The Morgan fingerprint density at radius 2 is 1.53 bits per heavy atom. The minimum Gasteiger partial charge on any atom is -0.339 e. The average molecular weight is 420 g/mol. The summed E-state index contributed by atoms with van der Waals surface area (Å²) in [7, 11) is -3.62. The Labute approximate surface area is 174 Å². The van der Waals surface area contributed by atoms with Crippen molar-refractivity contribution in [3.8, 4) is 5.82 Å². The molecule has 4 aromatic rings. The Balaban J connectivity index is 1.44. The van der Waals surface area contributed by atoms with Crippen LogP contribution in [0.4, 0.5) is 17.2 Å². The number of anilines is 3. The second-order valence-corrected chi connectivity index (χ2v) is 8.42. The highest BCUT2D eigenvalue weighted by atomic mass is 32.2. The maximum atomic E-state index is 12.4. The normalized spacial score (nSPS) is 11.3. The van der Waals surface area contributed by atoms with E-state index in [1.807, 2.05) is 32.0 Å². The van der Waals surface area contributed by atoms with Gasteiger partial charge in [-0.15, -0.1) is 10.2 Å². The zero-order valence-electron chi connectivity index (χ0n) is 16.4. The fourth-order valence-electron chi connectivity index (χ4n) is 2.95. The van der Waals surface area contributed by atoms with Gasteiger partial charge >= 0.3 is 0 Å². The molecule has 0 saturated carbocycles. The largest absolute Gasteiger partial charge is 0.339 e. The van der Waals surface area contributed by atoms with Gasteiger partial charge in [0, 0.05) is 17.1 Å². The number of nitrogens with one attached hydrogen (secondary N) is 2. The molecule has 0 spiro atoms. The molecule has 0 aliphatic rings. The Morgan fingerprint density at radius 3 is 2.13 bits per heavy atom. The predicted octanol–water partition coefficient (Wildman–Crippen LogP) is 3.82. The molecule has 0 fully saturated rings. The van der Waals surface area contributed by atoms with Crippen LogP contribution in [0.25, 0.3) is 5.82 Å². The zero-order valence-corrected chi connectivity index (χ0v) is 17.3. The second-order valence-electron chi connectivity index (χ2n) is 6.74. The summed E-state index contributed by atoms with van der Waals surface area (Å²) in [4.78, 5) is 0.213. The highest BCUT2D eigenvalue weighted by molar-refractivity contribution is 7.92. The molecule has 30 heavy (non-hydrogen) atoms. The van der Waals surface area contributed by atoms with Crippen LogP contribution in [0, 0.1) is 13.8 Å². The molecule has 0 radical (unpaired) electrons. The summed E-state index contributed by atoms with van der Waals surface area (Å²) < 4.78 is 29.1. The van der Waals surface area contributed by atoms with Crippen LogP contribution in [0.3, 0.4) is 0 Å². The summed E-state index contributed by atoms with van der Waals surface area (Å²) in [6.45, 7) is 3.89. The molecule has 4 rings (SSSR count). The third kappa shape index (κ3) is 4.31. The van der Waals surface area contributed by atoms with Gasteiger partial charge in [0.1, 0.15) is 0 Å². The van der Waals surface area contributed by atoms with Gasteiger partial charge in [-0.2, -0.15) is 5.10 Å². The lowest BCUT2D eigenvalue weighted by atomic mass is 10.3. The van der Waals surface area contributed by atoms with Crippen molar-refractivity contribution in [2.75, 3.05) is 10.0 Å². The van der Waals surface area contributed by atoms with Crippen molar-refractivity contribution in [2.24, 2.45) is 0 Å². The topological polar surface area (TPSA) is 102 Å². The Bertz CT molecular complexity index is 1250. The maximum Gasteiger partial charge on any atom is 0.261 e. The minimum atomic E-state index is -3.62. The van der Waals surface area contributed by atoms with Gasteiger partial charge in [-0.05, 0) is 68.4 Å². The summed E-state index contributed by atoms with van der Waals surface area (Å²) in [6.07, 6.45) is 0. The molecule has 2 heterocycles. The highest BCUT2D eigenvalue weighted by Crippen LogP contribution is 2.20. The number of benzene rings is 2. The van der Waals surface area contributed by atoms with Crippen LogP contribution in [0.5, 0.6) is 0 Å². The van der Waals surface area contributed by atoms with Crippen molar-refractivity contribution in [2.45, 2.75) is 18.7 Å². The van der Waals surface area contributed by atoms with Gasteiger partial charge in [0.2, 0.25) is 0 Å². The van der Waals surface area contributed by atoms with Gasteiger partial charge in [0.15, 0.2) is 11.6 Å². The predicted molar refractivity (Wildman–Crippen MR) is 116 cm³/mol. The van der Waals surface area contributed by atoms with E-state index in [1.165, 1.54) is 0 Å². The first-order valence-electron chi connectivity index (χ1n) is 9.23. The third-order valence-corrected chi connectivity index (χ3v) is 5.74. The van der Waals surface area contributed by atoms with E-state index in [0.717, 1.165) is 17.1 Å². The van der Waals surface area contributed by atoms with Gasteiger partial charge in [-0.3, -0.25) is 4.72 Å². The van der Waals surface area contributed by atoms with Gasteiger partial charge in [-0.1, -0.05) is 18.2 Å². The van der Waals surface area contributed by atoms with Crippen molar-refractivity contribution in [3.63, 3.8) is 0 Å². The Kier molecular flexibility index (Phi) is 5.20. The van der Waals surface area contributed by atoms with Crippen LogP contribution in [0.1, 0.15) is 11.4 Å². The van der Waals surface area contributed by atoms with Crippen molar-refractivity contribution < 1.29 is 8.42 Å². The number of aryl methyl sites for hydroxylation is 2. The standard InChI is InChI=1S/C21H20N6O2S/c1-15-14-16(2)27(25-15)21-13-12-20(23-24-21)22-17-8-10-18(11-9-17)26-30(28,29)19-6-4-3-5-7-19/h3-14,26H,1-2H3,(H,22,23). The Hall–Kier alpha value is -3.72. The minimum absolute atomic E-state index is 0.213. The lowest BCUT2D eigenvalue weighted by molar-refractivity contribution is 0.601. The SMILES string of the molecule is Cc1cc(C)n(-c2ccc(Nc3ccc(NS(=O)(=O)c4ccccc4)cc3)nn2)n1. The van der Waals surface area contributed by atoms with E-state index in [9.17, 15) is 8.42 Å². The van der Waals surface area contributed by atoms with Crippen molar-refractivity contribution in [3.05, 3.63) is 84.2 Å². The fraction of sp³-hybridized carbons (Fsp3) is 0.0952. The van der Waals surface area contributed by atoms with Crippen molar-refractivity contribution in [1.82, 2.24) is 20.0 Å². The lowest BCUT2D eigenvalue weighted by Gasteiger charge is -2.10. The van der Waals surface area contributed by atoms with Crippen molar-refractivity contribution in [1.29, 1.82) is 0 Å². The number of nitrogens with zero attached hydrogens (tertiary/aromatic N) is 4. The van der Waals surface area contributed by atoms with Crippen LogP contribution in [-0.4, -0.2) is 28.4 Å². The van der Waals surface area contributed by atoms with Gasteiger partial charge in [0.25, 0.3) is 10.0 Å². The molecular formula is C21H20N6O2S. The molecule has 2 aromatic heterocycles. The fourth-order valence-corrected chi connectivity index (χ4v) is 4.03. The molecular weight excluding hydrogens is 400 g/mol. The quantitative estimate of drug-likeness (QED) is 0.492. The van der Waals surface area contributed by atoms with Crippen LogP contribution in [-0.2, 0) is 10.0 Å². The van der Waals surface area contributed by atoms with Crippen LogP contribution >= 0.6 is 0 Å². The number of sulfonamides is 1. The summed E-state index contributed by atoms with van der Waals surface area (Å²) in [5, 5.41) is 15.9. The number of hydrogen-bond donors (Lipinski definition) is 2. The molecule has 0 aliphatic carbocycles. The molecule has 2 aromatic carbocycles. The molecule has 0 aliphatic heterocycles. The second kappa shape index (κ2) is 7.96. The van der Waals surface area contributed by atoms with E-state index in [1.54, 1.807) is 59.3 Å². The molecule has 152 valence electrons. The monoisotopic (exact) mass is 420 g/mol. The zero-order chi connectivity index (χ0) is 21.1. The number of rotatable bonds is 6. The molecule has 0 unspecified atom stereocenters. The number of aromatic nitrogens is 4. The van der Waals surface area contributed by atoms with Crippen LogP contribution < -0.4 is 10.0 Å². The van der Waals surface area contributed by atoms with Gasteiger partial charge in [0.05, 0.1) is 10.6 Å². The van der Waals surface area contributed by atoms with E-state index in [4.69, 9.17) is 0 Å². The highest BCUT2D eigenvalue weighted by Gasteiger charge is 2.13. The van der Waals surface area contributed by atoms with E-state index >= 15 is 0 Å². The van der Waals surface area contributed by atoms with E-state index in [0.29, 0.717) is 17.3 Å². The maximum absolute atomic E-state index is 12.4. The van der Waals surface area contributed by atoms with Gasteiger partial charge in [-0.25, -0.2) is 13.1 Å². The molecule has 9 heteroatoms. The summed E-state index contributed by atoms with van der Waals surface area (Å²) in [6, 6.07) is 20.7. The molecule has 0 atom stereocenters. The number of hydrogen-bond acceptors (Lipinski definition) is 6. The molecule has 0 saturated heterocycles. The smallest absolute Gasteiger partial charge is 0.261 e. The lowest BCUT2D eigenvalue weighted by Crippen LogP contribution is -2.12. The molecule has 8 nitrogen and oxygen atoms in total. The first-order valence-corrected chi connectivity index (χ1v) is 10.7. The average Bonchev–Trinajstić information content (AvgIpc) is 3.08. The van der Waals surface area contributed by atoms with Gasteiger partial charge < -0.3 is 5.32 Å². The molecule has 0 amide bonds. The molecule has 2 N–H and O–H groups in total. The summed E-state index contributed by atoms with van der Waals surface area (Å²) >= 11 is 0. The first kappa shape index (κ1) is 19.6. The third-order valence-electron chi connectivity index (χ3n) is 4.34. The van der Waals surface area contributed by atoms with Crippen LogP contribution in [0.2, 0.25) is 0 Å². The summed E-state index contributed by atoms with van der Waals surface area (Å²) in [5.74, 6) is 1.20. The van der Waals surface area contributed by atoms with Crippen molar-refractivity contribution >= 4 is 27.2 Å².